The van der Waals surface area contributed by atoms with E-state index in [1.807, 2.05) is 0 Å². The first kappa shape index (κ1) is 23.7. The predicted molar refractivity (Wildman–Crippen MR) is 30.2 cm³/mol. The van der Waals surface area contributed by atoms with Gasteiger partial charge in [0.05, 0.1) is 0 Å². The van der Waals surface area contributed by atoms with Crippen LogP contribution < -0.4 is 0 Å². The van der Waals surface area contributed by atoms with Crippen molar-refractivity contribution in [1.29, 1.82) is 0 Å². The first-order chi connectivity index (χ1) is 4.24. The van der Waals surface area contributed by atoms with Crippen LogP contribution >= 0.6 is 0 Å². The van der Waals surface area contributed by atoms with Crippen LogP contribution in [-0.4, -0.2) is 0 Å². The van der Waals surface area contributed by atoms with Gasteiger partial charge in [-0.15, -0.1) is 0 Å². The fourth-order valence-corrected chi connectivity index (χ4v) is 0. The molecule has 0 rings (SSSR count). The molecule has 0 fully saturated rings. The molecule has 0 aromatic carbocycles. The second-order valence-electron chi connectivity index (χ2n) is 0.268. The minimum absolute atomic E-state index is 0. The Morgan fingerprint density at radius 1 is 0.500 bits per heavy atom. The molecule has 0 amide bonds. The Balaban J connectivity index is -0.0000000257. The summed E-state index contributed by atoms with van der Waals surface area (Å²) < 4.78 is 0. The van der Waals surface area contributed by atoms with E-state index in [-0.39, 0.29) is 17.1 Å². The van der Waals surface area contributed by atoms with Crippen LogP contribution in [0.25, 0.3) is 47.9 Å². The summed E-state index contributed by atoms with van der Waals surface area (Å²) >= 11 is 0. The van der Waals surface area contributed by atoms with E-state index in [0.29, 0.717) is 0 Å². The molecule has 0 saturated carbocycles. The normalized spacial score (nSPS) is 2.40. The minimum Gasteiger partial charge on any atom is -0.373 e. The molecule has 59 valence electrons. The van der Waals surface area contributed by atoms with Crippen molar-refractivity contribution in [2.75, 3.05) is 0 Å². The van der Waals surface area contributed by atoms with Gasteiger partial charge >= 0.3 is 0 Å². The van der Waals surface area contributed by atoms with Crippen LogP contribution in [0.2, 0.25) is 0 Å². The Kier molecular flexibility index (Phi) is 349. The van der Waals surface area contributed by atoms with Gasteiger partial charge in [-0.2, -0.15) is 0 Å². The average molecular weight is 190 g/mol. The number of hydrogen-bond acceptors (Lipinski definition) is 0. The van der Waals surface area contributed by atoms with Gasteiger partial charge in [-0.25, -0.2) is 0 Å². The molecule has 0 bridgehead atoms. The van der Waals surface area contributed by atoms with Crippen molar-refractivity contribution in [3.63, 3.8) is 0 Å². The van der Waals surface area contributed by atoms with E-state index in [0.717, 1.165) is 0 Å². The van der Waals surface area contributed by atoms with Gasteiger partial charge in [0, 0.05) is 17.1 Å². The van der Waals surface area contributed by atoms with E-state index in [2.05, 4.69) is 0 Å². The van der Waals surface area contributed by atoms with Gasteiger partial charge in [0.1, 0.15) is 0 Å². The monoisotopic (exact) mass is 189 g/mol. The van der Waals surface area contributed by atoms with Gasteiger partial charge in [0.2, 0.25) is 0 Å². The topological polar surface area (TPSA) is 176 Å². The van der Waals surface area contributed by atoms with Crippen LogP contribution in [0.3, 0.4) is 0 Å². The maximum atomic E-state index is 6.75. The molecule has 0 heterocycles. The van der Waals surface area contributed by atoms with Crippen LogP contribution in [0.15, 0.2) is 0 Å². The summed E-state index contributed by atoms with van der Waals surface area (Å²) in [6, 6.07) is 0. The fraction of sp³-hybridized carbons (Fsp3) is 0. The molecule has 0 aliphatic carbocycles. The zero-order chi connectivity index (χ0) is 8.12. The van der Waals surface area contributed by atoms with E-state index < -0.39 is 0 Å². The van der Waals surface area contributed by atoms with E-state index >= 15 is 0 Å². The molecule has 9 nitrogen and oxygen atoms in total. The molecule has 0 aromatic rings. The summed E-state index contributed by atoms with van der Waals surface area (Å²) in [6.45, 7) is 0. The zero-order valence-electron chi connectivity index (χ0n) is 4.33. The number of rotatable bonds is 0. The molecule has 0 spiro atoms. The van der Waals surface area contributed by atoms with Crippen LogP contribution in [0, 0.1) is 0 Å². The van der Waals surface area contributed by atoms with Crippen molar-refractivity contribution >= 4 is 0 Å². The van der Waals surface area contributed by atoms with Crippen LogP contribution in [0.5, 0.6) is 0 Å². The molecule has 0 N–H and O–H groups in total. The molecule has 10 heavy (non-hydrogen) atoms. The fourth-order valence-electron chi connectivity index (χ4n) is 0. The van der Waals surface area contributed by atoms with Crippen molar-refractivity contribution in [1.82, 2.24) is 0 Å². The second kappa shape index (κ2) is 147. The Morgan fingerprint density at radius 2 is 0.500 bits per heavy atom. The molecular formula is CuN9-3. The van der Waals surface area contributed by atoms with Gasteiger partial charge in [0.15, 0.2) is 0 Å². The second-order valence-corrected chi connectivity index (χ2v) is 0.268. The maximum Gasteiger partial charge on any atom is 0 e. The van der Waals surface area contributed by atoms with Gasteiger partial charge < -0.3 is 33.2 Å². The third-order valence-electron chi connectivity index (χ3n) is 0. The minimum atomic E-state index is 0. The Labute approximate surface area is 65.8 Å². The summed E-state index contributed by atoms with van der Waals surface area (Å²) in [5.41, 5.74) is 40.5. The molecular weight excluding hydrogens is 190 g/mol. The van der Waals surface area contributed by atoms with Crippen LogP contribution in [0.4, 0.5) is 0 Å². The van der Waals surface area contributed by atoms with Crippen molar-refractivity contribution < 1.29 is 17.1 Å². The van der Waals surface area contributed by atoms with E-state index in [9.17, 15) is 0 Å². The SMILES string of the molecule is [Cu].[N-]=[N+]=[N-].[N-]=[N+]=[N-].[N-]=[N+]=[N-]. The standard InChI is InChI=1S/Cu.3N3/c;3*1-3-2/q;3*-1. The molecule has 0 unspecified atom stereocenters. The predicted octanol–water partition coefficient (Wildman–Crippen LogP) is 2.60. The molecule has 0 aromatic heterocycles. The van der Waals surface area contributed by atoms with E-state index in [1.54, 1.807) is 0 Å². The summed E-state index contributed by atoms with van der Waals surface area (Å²) in [4.78, 5) is 4.50. The van der Waals surface area contributed by atoms with Crippen molar-refractivity contribution in [3.8, 4) is 0 Å². The third kappa shape index (κ3) is 79.7. The Morgan fingerprint density at radius 3 is 0.500 bits per heavy atom. The Bertz CT molecular complexity index is 96.3. The van der Waals surface area contributed by atoms with Gasteiger partial charge in [-0.05, 0) is 0 Å². The number of nitrogens with zero attached hydrogens (tertiary/aromatic N) is 9. The summed E-state index contributed by atoms with van der Waals surface area (Å²) in [7, 11) is 0. The van der Waals surface area contributed by atoms with Crippen molar-refractivity contribution in [3.05, 3.63) is 47.9 Å². The summed E-state index contributed by atoms with van der Waals surface area (Å²) in [6.07, 6.45) is 0. The molecule has 0 aliphatic heterocycles. The maximum absolute atomic E-state index is 6.75. The molecule has 1 radical (unpaired) electrons. The smallest absolute Gasteiger partial charge is 0 e. The van der Waals surface area contributed by atoms with Crippen molar-refractivity contribution in [2.24, 2.45) is 0 Å². The molecule has 10 heteroatoms. The largest absolute Gasteiger partial charge is 0.373 e. The molecule has 0 saturated heterocycles. The van der Waals surface area contributed by atoms with Crippen molar-refractivity contribution in [2.45, 2.75) is 0 Å². The summed E-state index contributed by atoms with van der Waals surface area (Å²) in [5, 5.41) is 0. The summed E-state index contributed by atoms with van der Waals surface area (Å²) in [5.74, 6) is 0. The Hall–Kier alpha value is -1.55. The van der Waals surface area contributed by atoms with Gasteiger partial charge in [-0.3, -0.25) is 14.7 Å². The van der Waals surface area contributed by atoms with Crippen LogP contribution in [0.1, 0.15) is 0 Å². The zero-order valence-corrected chi connectivity index (χ0v) is 5.27. The van der Waals surface area contributed by atoms with E-state index in [1.165, 1.54) is 14.7 Å². The first-order valence-electron chi connectivity index (χ1n) is 1.20. The quantitative estimate of drug-likeness (QED) is 0.236. The van der Waals surface area contributed by atoms with Gasteiger partial charge in [-0.1, -0.05) is 0 Å². The first-order valence-corrected chi connectivity index (χ1v) is 1.20. The van der Waals surface area contributed by atoms with E-state index in [4.69, 9.17) is 33.2 Å². The van der Waals surface area contributed by atoms with Crippen LogP contribution in [-0.2, 0) is 17.1 Å². The third-order valence-corrected chi connectivity index (χ3v) is 0. The van der Waals surface area contributed by atoms with Gasteiger partial charge in [0.25, 0.3) is 0 Å². The molecule has 0 atom stereocenters. The number of hydrogen-bond donors (Lipinski definition) is 0. The average Bonchev–Trinajstić information content (AvgIpc) is 1.70. The molecule has 0 aliphatic rings.